The second kappa shape index (κ2) is 5.98. The van der Waals surface area contributed by atoms with Crippen LogP contribution in [-0.2, 0) is 11.3 Å². The molecular formula is C18H29NO2. The lowest BCUT2D eigenvalue weighted by Crippen LogP contribution is -2.36. The molecule has 0 bridgehead atoms. The Balaban J connectivity index is 2.04. The minimum atomic E-state index is -0.254. The summed E-state index contributed by atoms with van der Waals surface area (Å²) >= 11 is 0. The molecule has 1 aromatic carbocycles. The number of benzene rings is 1. The van der Waals surface area contributed by atoms with Crippen molar-refractivity contribution in [2.45, 2.75) is 77.9 Å². The second-order valence-corrected chi connectivity index (χ2v) is 7.46. The topological polar surface area (TPSA) is 30.5 Å². The van der Waals surface area contributed by atoms with Crippen LogP contribution in [0.15, 0.2) is 24.3 Å². The summed E-state index contributed by atoms with van der Waals surface area (Å²) in [5.74, 6) is 0.928. The smallest absolute Gasteiger partial charge is 0.130 e. The summed E-state index contributed by atoms with van der Waals surface area (Å²) in [5.41, 5.74) is 0.873. The van der Waals surface area contributed by atoms with Crippen molar-refractivity contribution in [3.63, 3.8) is 0 Å². The van der Waals surface area contributed by atoms with Gasteiger partial charge in [-0.2, -0.15) is 0 Å². The lowest BCUT2D eigenvalue weighted by Gasteiger charge is -2.27. The van der Waals surface area contributed by atoms with Gasteiger partial charge in [-0.15, -0.1) is 0 Å². The first-order valence-electron chi connectivity index (χ1n) is 7.87. The Kier molecular flexibility index (Phi) is 4.64. The Morgan fingerprint density at radius 3 is 2.57 bits per heavy atom. The zero-order chi connectivity index (χ0) is 15.7. The SMILES string of the molecule is CC(C)NCc1cccc(OC2CC(C)(C)OC2(C)C)c1. The molecule has 118 valence electrons. The van der Waals surface area contributed by atoms with Crippen molar-refractivity contribution in [3.8, 4) is 5.75 Å². The third-order valence-electron chi connectivity index (χ3n) is 3.88. The monoisotopic (exact) mass is 291 g/mol. The van der Waals surface area contributed by atoms with E-state index in [-0.39, 0.29) is 17.3 Å². The summed E-state index contributed by atoms with van der Waals surface area (Å²) in [6.45, 7) is 13.6. The van der Waals surface area contributed by atoms with Gasteiger partial charge in [-0.25, -0.2) is 0 Å². The Bertz CT molecular complexity index is 480. The average molecular weight is 291 g/mol. The molecule has 1 aliphatic heterocycles. The third-order valence-corrected chi connectivity index (χ3v) is 3.88. The highest BCUT2D eigenvalue weighted by molar-refractivity contribution is 5.29. The van der Waals surface area contributed by atoms with Crippen LogP contribution in [0.25, 0.3) is 0 Å². The lowest BCUT2D eigenvalue weighted by molar-refractivity contribution is -0.0846. The maximum absolute atomic E-state index is 6.22. The molecule has 3 heteroatoms. The summed E-state index contributed by atoms with van der Waals surface area (Å²) < 4.78 is 12.3. The van der Waals surface area contributed by atoms with Crippen molar-refractivity contribution in [2.24, 2.45) is 0 Å². The van der Waals surface area contributed by atoms with Crippen LogP contribution in [0.4, 0.5) is 0 Å². The molecule has 2 rings (SSSR count). The van der Waals surface area contributed by atoms with Gasteiger partial charge in [0.1, 0.15) is 17.5 Å². The first kappa shape index (κ1) is 16.3. The Morgan fingerprint density at radius 1 is 1.29 bits per heavy atom. The highest BCUT2D eigenvalue weighted by Gasteiger charge is 2.47. The van der Waals surface area contributed by atoms with E-state index in [1.807, 2.05) is 6.07 Å². The quantitative estimate of drug-likeness (QED) is 0.892. The molecule has 1 N–H and O–H groups in total. The fourth-order valence-corrected chi connectivity index (χ4v) is 2.91. The minimum Gasteiger partial charge on any atom is -0.487 e. The predicted octanol–water partition coefficient (Wildman–Crippen LogP) is 3.91. The highest BCUT2D eigenvalue weighted by Crippen LogP contribution is 2.39. The average Bonchev–Trinajstić information content (AvgIpc) is 2.55. The number of ether oxygens (including phenoxy) is 2. The molecule has 0 aromatic heterocycles. The van der Waals surface area contributed by atoms with E-state index in [0.717, 1.165) is 18.7 Å². The Morgan fingerprint density at radius 2 is 2.00 bits per heavy atom. The molecule has 1 aromatic rings. The van der Waals surface area contributed by atoms with E-state index >= 15 is 0 Å². The van der Waals surface area contributed by atoms with Crippen LogP contribution in [0.1, 0.15) is 53.5 Å². The molecule has 0 aliphatic carbocycles. The van der Waals surface area contributed by atoms with Crippen LogP contribution in [0.3, 0.4) is 0 Å². The van der Waals surface area contributed by atoms with Crippen molar-refractivity contribution in [3.05, 3.63) is 29.8 Å². The molecule has 21 heavy (non-hydrogen) atoms. The van der Waals surface area contributed by atoms with E-state index in [2.05, 4.69) is 65.1 Å². The highest BCUT2D eigenvalue weighted by atomic mass is 16.6. The van der Waals surface area contributed by atoms with Crippen LogP contribution in [0.2, 0.25) is 0 Å². The Hall–Kier alpha value is -1.06. The van der Waals surface area contributed by atoms with Gasteiger partial charge >= 0.3 is 0 Å². The van der Waals surface area contributed by atoms with Crippen molar-refractivity contribution >= 4 is 0 Å². The van der Waals surface area contributed by atoms with E-state index in [9.17, 15) is 0 Å². The van der Waals surface area contributed by atoms with E-state index in [4.69, 9.17) is 9.47 Å². The largest absolute Gasteiger partial charge is 0.487 e. The fraction of sp³-hybridized carbons (Fsp3) is 0.667. The maximum Gasteiger partial charge on any atom is 0.130 e. The van der Waals surface area contributed by atoms with Crippen molar-refractivity contribution in [1.82, 2.24) is 5.32 Å². The van der Waals surface area contributed by atoms with Gasteiger partial charge in [0, 0.05) is 19.0 Å². The molecule has 1 fully saturated rings. The van der Waals surface area contributed by atoms with Gasteiger partial charge in [0.15, 0.2) is 0 Å². The van der Waals surface area contributed by atoms with Gasteiger partial charge in [-0.05, 0) is 45.4 Å². The van der Waals surface area contributed by atoms with Gasteiger partial charge in [-0.1, -0.05) is 26.0 Å². The van der Waals surface area contributed by atoms with Crippen LogP contribution in [0, 0.1) is 0 Å². The molecule has 1 aliphatic rings. The summed E-state index contributed by atoms with van der Waals surface area (Å²) in [6.07, 6.45) is 0.995. The standard InChI is InChI=1S/C18H29NO2/c1-13(2)19-12-14-8-7-9-15(10-14)20-16-11-17(3,4)21-18(16,5)6/h7-10,13,16,19H,11-12H2,1-6H3. The van der Waals surface area contributed by atoms with Crippen molar-refractivity contribution in [1.29, 1.82) is 0 Å². The molecule has 1 unspecified atom stereocenters. The number of nitrogens with one attached hydrogen (secondary N) is 1. The number of hydrogen-bond acceptors (Lipinski definition) is 3. The molecule has 1 heterocycles. The molecule has 0 spiro atoms. The summed E-state index contributed by atoms with van der Waals surface area (Å²) in [6, 6.07) is 8.82. The third kappa shape index (κ3) is 4.45. The first-order chi connectivity index (χ1) is 9.68. The lowest BCUT2D eigenvalue weighted by atomic mass is 9.97. The van der Waals surface area contributed by atoms with Crippen LogP contribution in [0.5, 0.6) is 5.75 Å². The van der Waals surface area contributed by atoms with Gasteiger partial charge in [-0.3, -0.25) is 0 Å². The maximum atomic E-state index is 6.22. The van der Waals surface area contributed by atoms with Gasteiger partial charge in [0.05, 0.1) is 5.60 Å². The minimum absolute atomic E-state index is 0.0841. The zero-order valence-corrected chi connectivity index (χ0v) is 14.2. The normalized spacial score (nSPS) is 23.5. The molecule has 3 nitrogen and oxygen atoms in total. The van der Waals surface area contributed by atoms with Crippen LogP contribution < -0.4 is 10.1 Å². The first-order valence-corrected chi connectivity index (χ1v) is 7.87. The number of rotatable bonds is 5. The van der Waals surface area contributed by atoms with Gasteiger partial charge in [0.2, 0.25) is 0 Å². The molecule has 1 atom stereocenters. The van der Waals surface area contributed by atoms with E-state index in [1.54, 1.807) is 0 Å². The summed E-state index contributed by atoms with van der Waals surface area (Å²) in [4.78, 5) is 0. The second-order valence-electron chi connectivity index (χ2n) is 7.46. The molecule has 0 radical (unpaired) electrons. The van der Waals surface area contributed by atoms with Gasteiger partial charge < -0.3 is 14.8 Å². The predicted molar refractivity (Wildman–Crippen MR) is 86.7 cm³/mol. The molecule has 1 saturated heterocycles. The summed E-state index contributed by atoms with van der Waals surface area (Å²) in [5, 5.41) is 3.43. The molecule has 0 amide bonds. The van der Waals surface area contributed by atoms with E-state index in [1.165, 1.54) is 5.56 Å². The van der Waals surface area contributed by atoms with Crippen LogP contribution >= 0.6 is 0 Å². The fourth-order valence-electron chi connectivity index (χ4n) is 2.91. The number of hydrogen-bond donors (Lipinski definition) is 1. The van der Waals surface area contributed by atoms with E-state index in [0.29, 0.717) is 6.04 Å². The summed E-state index contributed by atoms with van der Waals surface area (Å²) in [7, 11) is 0. The Labute approximate surface area is 129 Å². The van der Waals surface area contributed by atoms with Crippen LogP contribution in [-0.4, -0.2) is 23.3 Å². The van der Waals surface area contributed by atoms with E-state index < -0.39 is 0 Å². The van der Waals surface area contributed by atoms with Crippen molar-refractivity contribution in [2.75, 3.05) is 0 Å². The van der Waals surface area contributed by atoms with Gasteiger partial charge in [0.25, 0.3) is 0 Å². The van der Waals surface area contributed by atoms with Crippen molar-refractivity contribution < 1.29 is 9.47 Å². The molecular weight excluding hydrogens is 262 g/mol. The zero-order valence-electron chi connectivity index (χ0n) is 14.2. The molecule has 0 saturated carbocycles.